The summed E-state index contributed by atoms with van der Waals surface area (Å²) in [6.45, 7) is 1.76. The summed E-state index contributed by atoms with van der Waals surface area (Å²) in [6, 6.07) is 0. The van der Waals surface area contributed by atoms with Gasteiger partial charge < -0.3 is 16.0 Å². The van der Waals surface area contributed by atoms with Crippen LogP contribution in [0.1, 0.15) is 16.3 Å². The number of nitrogens with zero attached hydrogens (tertiary/aromatic N) is 3. The van der Waals surface area contributed by atoms with E-state index < -0.39 is 5.91 Å². The number of hydrogen-bond donors (Lipinski definition) is 2. The van der Waals surface area contributed by atoms with Crippen LogP contribution in [0.25, 0.3) is 11.5 Å². The molecule has 0 aliphatic carbocycles. The highest BCUT2D eigenvalue weighted by Gasteiger charge is 2.18. The van der Waals surface area contributed by atoms with Crippen molar-refractivity contribution in [3.63, 3.8) is 0 Å². The molecule has 0 saturated carbocycles. The summed E-state index contributed by atoms with van der Waals surface area (Å²) in [7, 11) is 0. The van der Waals surface area contributed by atoms with Crippen molar-refractivity contribution in [2.45, 2.75) is 6.92 Å². The number of primary amides is 1. The first-order valence-corrected chi connectivity index (χ1v) is 4.72. The Kier molecular flexibility index (Phi) is 2.12. The largest absolute Gasteiger partial charge is 0.389 e. The van der Waals surface area contributed by atoms with Crippen LogP contribution in [0.3, 0.4) is 0 Å². The molecule has 0 atom stereocenters. The van der Waals surface area contributed by atoms with E-state index in [1.807, 2.05) is 0 Å². The summed E-state index contributed by atoms with van der Waals surface area (Å²) in [5.41, 5.74) is 11.9. The molecule has 0 bridgehead atoms. The van der Waals surface area contributed by atoms with Gasteiger partial charge in [-0.15, -0.1) is 0 Å². The van der Waals surface area contributed by atoms with E-state index in [0.29, 0.717) is 16.3 Å². The molecule has 2 heterocycles. The number of aryl methyl sites for hydroxylation is 1. The van der Waals surface area contributed by atoms with Crippen LogP contribution < -0.4 is 11.5 Å². The summed E-state index contributed by atoms with van der Waals surface area (Å²) in [5.74, 6) is -0.757. The maximum absolute atomic E-state index is 10.7. The second-order valence-electron chi connectivity index (χ2n) is 2.79. The van der Waals surface area contributed by atoms with E-state index in [4.69, 9.17) is 16.0 Å². The number of amides is 1. The Bertz CT molecular complexity index is 498. The summed E-state index contributed by atoms with van der Waals surface area (Å²) in [5, 5.41) is 3.88. The third-order valence-corrected chi connectivity index (χ3v) is 2.52. The van der Waals surface area contributed by atoms with Crippen LogP contribution in [0.2, 0.25) is 0 Å². The van der Waals surface area contributed by atoms with Gasteiger partial charge in [0.15, 0.2) is 0 Å². The second-order valence-corrected chi connectivity index (χ2v) is 3.60. The Labute approximate surface area is 88.2 Å². The normalized spacial score (nSPS) is 10.5. The molecule has 0 aliphatic heterocycles. The molecule has 15 heavy (non-hydrogen) atoms. The lowest BCUT2D eigenvalue weighted by molar-refractivity contribution is 0.0987. The molecule has 0 aromatic carbocycles. The molecular formula is C7H7N5O2S. The van der Waals surface area contributed by atoms with Gasteiger partial charge in [0.05, 0.1) is 11.3 Å². The van der Waals surface area contributed by atoms with Crippen LogP contribution >= 0.6 is 11.5 Å². The molecule has 2 aromatic heterocycles. The van der Waals surface area contributed by atoms with Crippen molar-refractivity contribution in [2.75, 3.05) is 5.73 Å². The smallest absolute Gasteiger partial charge is 0.290 e. The number of aromatic nitrogens is 3. The molecule has 2 aromatic rings. The molecule has 4 N–H and O–H groups in total. The number of nitrogens with two attached hydrogens (primary N) is 2. The van der Waals surface area contributed by atoms with Gasteiger partial charge in [-0.2, -0.15) is 9.36 Å². The van der Waals surface area contributed by atoms with Crippen LogP contribution in [0.5, 0.6) is 0 Å². The molecule has 7 nitrogen and oxygen atoms in total. The fraction of sp³-hybridized carbons (Fsp3) is 0.143. The van der Waals surface area contributed by atoms with E-state index in [0.717, 1.165) is 11.5 Å². The molecule has 78 valence electrons. The second kappa shape index (κ2) is 3.31. The van der Waals surface area contributed by atoms with E-state index in [9.17, 15) is 4.79 Å². The number of carbonyl (C=O) groups is 1. The van der Waals surface area contributed by atoms with Crippen LogP contribution in [-0.2, 0) is 0 Å². The van der Waals surface area contributed by atoms with Crippen LogP contribution in [0, 0.1) is 6.92 Å². The van der Waals surface area contributed by atoms with Gasteiger partial charge in [0.2, 0.25) is 0 Å². The molecule has 1 amide bonds. The predicted octanol–water partition coefficient (Wildman–Crippen LogP) is 0.183. The lowest BCUT2D eigenvalue weighted by Crippen LogP contribution is -2.12. The quantitative estimate of drug-likeness (QED) is 0.752. The topological polar surface area (TPSA) is 121 Å². The van der Waals surface area contributed by atoms with Crippen molar-refractivity contribution in [2.24, 2.45) is 5.73 Å². The highest BCUT2D eigenvalue weighted by atomic mass is 32.1. The average Bonchev–Trinajstić information content (AvgIpc) is 2.73. The number of rotatable bonds is 2. The Hall–Kier alpha value is -1.96. The van der Waals surface area contributed by atoms with E-state index in [1.54, 1.807) is 6.92 Å². The highest BCUT2D eigenvalue weighted by molar-refractivity contribution is 7.10. The Balaban J connectivity index is 2.50. The Morgan fingerprint density at radius 2 is 2.27 bits per heavy atom. The van der Waals surface area contributed by atoms with E-state index in [2.05, 4.69) is 14.5 Å². The minimum atomic E-state index is -0.746. The summed E-state index contributed by atoms with van der Waals surface area (Å²) in [6.07, 6.45) is 0. The van der Waals surface area contributed by atoms with Gasteiger partial charge in [-0.25, -0.2) is 0 Å². The Morgan fingerprint density at radius 3 is 2.73 bits per heavy atom. The molecule has 0 spiro atoms. The Morgan fingerprint density at radius 1 is 1.53 bits per heavy atom. The molecule has 8 heteroatoms. The molecule has 0 aliphatic rings. The molecule has 0 radical (unpaired) electrons. The van der Waals surface area contributed by atoms with Gasteiger partial charge in [-0.05, 0) is 18.5 Å². The van der Waals surface area contributed by atoms with E-state index >= 15 is 0 Å². The van der Waals surface area contributed by atoms with Crippen molar-refractivity contribution in [1.29, 1.82) is 0 Å². The summed E-state index contributed by atoms with van der Waals surface area (Å²) < 4.78 is 8.88. The molecule has 0 unspecified atom stereocenters. The van der Waals surface area contributed by atoms with Crippen LogP contribution in [0.4, 0.5) is 5.00 Å². The maximum atomic E-state index is 10.7. The predicted molar refractivity (Wildman–Crippen MR) is 53.1 cm³/mol. The van der Waals surface area contributed by atoms with Gasteiger partial charge in [0.25, 0.3) is 17.6 Å². The van der Waals surface area contributed by atoms with Gasteiger partial charge in [-0.3, -0.25) is 4.79 Å². The van der Waals surface area contributed by atoms with Gasteiger partial charge in [0.1, 0.15) is 5.00 Å². The highest BCUT2D eigenvalue weighted by Crippen LogP contribution is 2.30. The zero-order chi connectivity index (χ0) is 11.0. The lowest BCUT2D eigenvalue weighted by atomic mass is 10.2. The van der Waals surface area contributed by atoms with Gasteiger partial charge in [0, 0.05) is 0 Å². The number of carbonyl (C=O) groups excluding carboxylic acids is 1. The average molecular weight is 225 g/mol. The minimum Gasteiger partial charge on any atom is -0.389 e. The number of hydrogen-bond acceptors (Lipinski definition) is 7. The van der Waals surface area contributed by atoms with Crippen LogP contribution in [-0.4, -0.2) is 20.4 Å². The van der Waals surface area contributed by atoms with E-state index in [1.165, 1.54) is 0 Å². The monoisotopic (exact) mass is 225 g/mol. The number of nitrogen functional groups attached to an aromatic ring is 1. The van der Waals surface area contributed by atoms with Crippen molar-refractivity contribution >= 4 is 22.4 Å². The summed E-state index contributed by atoms with van der Waals surface area (Å²) in [4.78, 5) is 14.6. The first kappa shape index (κ1) is 9.59. The zero-order valence-corrected chi connectivity index (χ0v) is 8.54. The molecule has 2 rings (SSSR count). The van der Waals surface area contributed by atoms with Crippen molar-refractivity contribution in [1.82, 2.24) is 14.5 Å². The molecule has 0 saturated heterocycles. The van der Waals surface area contributed by atoms with Crippen molar-refractivity contribution in [3.8, 4) is 11.5 Å². The number of anilines is 1. The SMILES string of the molecule is Cc1nsc(N)c1-c1nc(C(N)=O)no1. The van der Waals surface area contributed by atoms with E-state index in [-0.39, 0.29) is 11.7 Å². The maximum Gasteiger partial charge on any atom is 0.290 e. The third kappa shape index (κ3) is 1.54. The molecular weight excluding hydrogens is 218 g/mol. The lowest BCUT2D eigenvalue weighted by Gasteiger charge is -1.90. The van der Waals surface area contributed by atoms with Crippen molar-refractivity contribution < 1.29 is 9.32 Å². The van der Waals surface area contributed by atoms with Gasteiger partial charge >= 0.3 is 0 Å². The summed E-state index contributed by atoms with van der Waals surface area (Å²) >= 11 is 1.13. The fourth-order valence-corrected chi connectivity index (χ4v) is 1.73. The standard InChI is InChI=1S/C7H7N5O2S/c1-2-3(5(9)15-12-2)7-10-6(4(8)13)11-14-7/h9H2,1H3,(H2,8,13). The molecule has 0 fully saturated rings. The zero-order valence-electron chi connectivity index (χ0n) is 7.72. The first-order chi connectivity index (χ1) is 7.09. The van der Waals surface area contributed by atoms with Gasteiger partial charge in [-0.1, -0.05) is 5.16 Å². The first-order valence-electron chi connectivity index (χ1n) is 3.95. The van der Waals surface area contributed by atoms with Crippen molar-refractivity contribution in [3.05, 3.63) is 11.5 Å². The fourth-order valence-electron chi connectivity index (χ4n) is 1.07. The third-order valence-electron chi connectivity index (χ3n) is 1.75. The minimum absolute atomic E-state index is 0.160. The van der Waals surface area contributed by atoms with Crippen LogP contribution in [0.15, 0.2) is 4.52 Å².